The molecule has 0 aromatic rings. The first-order valence-corrected chi connectivity index (χ1v) is 5.14. The average molecular weight is 212 g/mol. The summed E-state index contributed by atoms with van der Waals surface area (Å²) in [6.07, 6.45) is 1.25. The van der Waals surface area contributed by atoms with Crippen LogP contribution in [-0.2, 0) is 19.1 Å². The van der Waals surface area contributed by atoms with Crippen molar-refractivity contribution in [3.8, 4) is 0 Å². The summed E-state index contributed by atoms with van der Waals surface area (Å²) in [7, 11) is 1.33. The Balaban J connectivity index is 2.54. The second kappa shape index (κ2) is 2.54. The van der Waals surface area contributed by atoms with E-state index < -0.39 is 22.4 Å². The normalized spacial score (nSPS) is 41.5. The predicted molar refractivity (Wildman–Crippen MR) is 52.0 cm³/mol. The Morgan fingerprint density at radius 2 is 1.93 bits per heavy atom. The summed E-state index contributed by atoms with van der Waals surface area (Å²) in [5, 5.41) is 0. The molecule has 84 valence electrons. The van der Waals surface area contributed by atoms with Crippen molar-refractivity contribution in [2.45, 2.75) is 39.2 Å². The van der Waals surface area contributed by atoms with E-state index >= 15 is 0 Å². The lowest BCUT2D eigenvalue weighted by Crippen LogP contribution is -2.48. The molecule has 2 rings (SSSR count). The van der Waals surface area contributed by atoms with E-state index in [0.29, 0.717) is 12.8 Å². The summed E-state index contributed by atoms with van der Waals surface area (Å²) in [5.41, 5.74) is -2.11. The SMILES string of the molecule is COC(=O)[C@@]12CC[C@](C)(C(=O)O1)C2(C)C. The van der Waals surface area contributed by atoms with E-state index in [4.69, 9.17) is 9.47 Å². The van der Waals surface area contributed by atoms with Crippen LogP contribution in [0.5, 0.6) is 0 Å². The first-order chi connectivity index (χ1) is 6.82. The zero-order chi connectivity index (χ0) is 11.5. The third kappa shape index (κ3) is 0.840. The predicted octanol–water partition coefficient (Wildman–Crippen LogP) is 1.28. The van der Waals surface area contributed by atoms with Crippen molar-refractivity contribution in [1.82, 2.24) is 0 Å². The van der Waals surface area contributed by atoms with Crippen molar-refractivity contribution in [2.24, 2.45) is 10.8 Å². The van der Waals surface area contributed by atoms with Crippen LogP contribution in [0.4, 0.5) is 0 Å². The fraction of sp³-hybridized carbons (Fsp3) is 0.818. The van der Waals surface area contributed by atoms with E-state index in [1.54, 1.807) is 0 Å². The van der Waals surface area contributed by atoms with Gasteiger partial charge in [0, 0.05) is 5.41 Å². The lowest BCUT2D eigenvalue weighted by molar-refractivity contribution is -0.180. The van der Waals surface area contributed by atoms with E-state index in [-0.39, 0.29) is 5.97 Å². The molecule has 2 fully saturated rings. The Hall–Kier alpha value is -1.06. The highest BCUT2D eigenvalue weighted by Crippen LogP contribution is 2.65. The highest BCUT2D eigenvalue weighted by molar-refractivity contribution is 5.93. The molecule has 1 aliphatic carbocycles. The summed E-state index contributed by atoms with van der Waals surface area (Å²) in [4.78, 5) is 23.6. The average Bonchev–Trinajstić information content (AvgIpc) is 2.47. The Morgan fingerprint density at radius 1 is 1.33 bits per heavy atom. The first kappa shape index (κ1) is 10.5. The van der Waals surface area contributed by atoms with Crippen LogP contribution < -0.4 is 0 Å². The number of rotatable bonds is 1. The lowest BCUT2D eigenvalue weighted by atomic mass is 9.66. The largest absolute Gasteiger partial charge is 0.466 e. The number of hydrogen-bond donors (Lipinski definition) is 0. The van der Waals surface area contributed by atoms with Crippen molar-refractivity contribution in [2.75, 3.05) is 7.11 Å². The van der Waals surface area contributed by atoms with Crippen LogP contribution in [0.3, 0.4) is 0 Å². The van der Waals surface area contributed by atoms with Crippen molar-refractivity contribution in [1.29, 1.82) is 0 Å². The van der Waals surface area contributed by atoms with Gasteiger partial charge in [-0.15, -0.1) is 0 Å². The van der Waals surface area contributed by atoms with Gasteiger partial charge in [0.15, 0.2) is 0 Å². The summed E-state index contributed by atoms with van der Waals surface area (Å²) >= 11 is 0. The molecule has 0 unspecified atom stereocenters. The van der Waals surface area contributed by atoms with Crippen molar-refractivity contribution < 1.29 is 19.1 Å². The quantitative estimate of drug-likeness (QED) is 0.614. The molecule has 4 nitrogen and oxygen atoms in total. The fourth-order valence-electron chi connectivity index (χ4n) is 2.87. The minimum Gasteiger partial charge on any atom is -0.466 e. The number of esters is 2. The third-order valence-corrected chi connectivity index (χ3v) is 4.60. The van der Waals surface area contributed by atoms with Gasteiger partial charge in [-0.1, -0.05) is 13.8 Å². The van der Waals surface area contributed by atoms with Gasteiger partial charge in [0.2, 0.25) is 5.60 Å². The number of carbonyl (C=O) groups excluding carboxylic acids is 2. The van der Waals surface area contributed by atoms with Gasteiger partial charge in [-0.2, -0.15) is 0 Å². The maximum Gasteiger partial charge on any atom is 0.350 e. The standard InChI is InChI=1S/C11H16O4/c1-9(2)10(3)5-6-11(9,8(13)14-4)15-7(10)12/h5-6H2,1-4H3/t10-,11-/m1/s1. The molecule has 0 radical (unpaired) electrons. The van der Waals surface area contributed by atoms with E-state index in [9.17, 15) is 9.59 Å². The molecule has 0 spiro atoms. The van der Waals surface area contributed by atoms with Crippen LogP contribution in [-0.4, -0.2) is 24.6 Å². The second-order valence-corrected chi connectivity index (χ2v) is 5.17. The molecule has 4 heteroatoms. The van der Waals surface area contributed by atoms with Crippen molar-refractivity contribution >= 4 is 11.9 Å². The molecule has 1 aliphatic heterocycles. The highest BCUT2D eigenvalue weighted by atomic mass is 16.6. The van der Waals surface area contributed by atoms with Gasteiger partial charge < -0.3 is 9.47 Å². The van der Waals surface area contributed by atoms with Crippen LogP contribution in [0.15, 0.2) is 0 Å². The molecule has 1 saturated heterocycles. The number of fused-ring (bicyclic) bond motifs is 2. The van der Waals surface area contributed by atoms with Crippen LogP contribution >= 0.6 is 0 Å². The van der Waals surface area contributed by atoms with Crippen LogP contribution in [0.2, 0.25) is 0 Å². The van der Waals surface area contributed by atoms with Gasteiger partial charge >= 0.3 is 11.9 Å². The van der Waals surface area contributed by atoms with Gasteiger partial charge in [0.05, 0.1) is 12.5 Å². The maximum absolute atomic E-state index is 11.8. The maximum atomic E-state index is 11.8. The second-order valence-electron chi connectivity index (χ2n) is 5.17. The molecule has 15 heavy (non-hydrogen) atoms. The fourth-order valence-corrected chi connectivity index (χ4v) is 2.87. The van der Waals surface area contributed by atoms with Crippen molar-refractivity contribution in [3.05, 3.63) is 0 Å². The molecular weight excluding hydrogens is 196 g/mol. The Bertz CT molecular complexity index is 346. The minimum absolute atomic E-state index is 0.274. The Labute approximate surface area is 88.9 Å². The zero-order valence-electron chi connectivity index (χ0n) is 9.55. The third-order valence-electron chi connectivity index (χ3n) is 4.60. The first-order valence-electron chi connectivity index (χ1n) is 5.14. The van der Waals surface area contributed by atoms with Gasteiger partial charge in [0.25, 0.3) is 0 Å². The molecule has 2 atom stereocenters. The molecule has 2 bridgehead atoms. The monoisotopic (exact) mass is 212 g/mol. The minimum atomic E-state index is -1.06. The molecule has 0 N–H and O–H groups in total. The van der Waals surface area contributed by atoms with Crippen molar-refractivity contribution in [3.63, 3.8) is 0 Å². The Morgan fingerprint density at radius 3 is 2.27 bits per heavy atom. The molecule has 1 heterocycles. The van der Waals surface area contributed by atoms with Crippen LogP contribution in [0.1, 0.15) is 33.6 Å². The molecule has 1 saturated carbocycles. The summed E-state index contributed by atoms with van der Waals surface area (Å²) in [5.74, 6) is -0.703. The summed E-state index contributed by atoms with van der Waals surface area (Å²) in [6, 6.07) is 0. The van der Waals surface area contributed by atoms with E-state index in [0.717, 1.165) is 0 Å². The smallest absolute Gasteiger partial charge is 0.350 e. The molecule has 0 aromatic carbocycles. The summed E-state index contributed by atoms with van der Waals surface area (Å²) < 4.78 is 10.1. The van der Waals surface area contributed by atoms with Gasteiger partial charge in [-0.3, -0.25) is 4.79 Å². The lowest BCUT2D eigenvalue weighted by Gasteiger charge is -2.33. The van der Waals surface area contributed by atoms with Gasteiger partial charge in [-0.25, -0.2) is 4.79 Å². The number of ether oxygens (including phenoxy) is 2. The zero-order valence-corrected chi connectivity index (χ0v) is 9.55. The Kier molecular flexibility index (Phi) is 1.77. The molecule has 0 amide bonds. The number of carbonyl (C=O) groups is 2. The molecular formula is C11H16O4. The van der Waals surface area contributed by atoms with Gasteiger partial charge in [0.1, 0.15) is 0 Å². The van der Waals surface area contributed by atoms with Gasteiger partial charge in [-0.05, 0) is 19.8 Å². The topological polar surface area (TPSA) is 52.6 Å². The summed E-state index contributed by atoms with van der Waals surface area (Å²) in [6.45, 7) is 5.68. The van der Waals surface area contributed by atoms with E-state index in [2.05, 4.69) is 0 Å². The van der Waals surface area contributed by atoms with E-state index in [1.165, 1.54) is 7.11 Å². The number of hydrogen-bond acceptors (Lipinski definition) is 4. The molecule has 2 aliphatic rings. The van der Waals surface area contributed by atoms with Crippen LogP contribution in [0, 0.1) is 10.8 Å². The van der Waals surface area contributed by atoms with E-state index in [1.807, 2.05) is 20.8 Å². The molecule has 0 aromatic heterocycles. The van der Waals surface area contributed by atoms with Crippen LogP contribution in [0.25, 0.3) is 0 Å². The number of methoxy groups -OCH3 is 1. The highest BCUT2D eigenvalue weighted by Gasteiger charge is 2.76.